The summed E-state index contributed by atoms with van der Waals surface area (Å²) in [5.74, 6) is 3.82. The van der Waals surface area contributed by atoms with Crippen molar-refractivity contribution in [3.8, 4) is 0 Å². The molecule has 0 amide bonds. The van der Waals surface area contributed by atoms with Gasteiger partial charge < -0.3 is 28.1 Å². The van der Waals surface area contributed by atoms with Crippen LogP contribution in [0, 0.1) is 20.8 Å². The fraction of sp³-hybridized carbons (Fsp3) is 0.808. The van der Waals surface area contributed by atoms with Gasteiger partial charge in [-0.2, -0.15) is 0 Å². The Morgan fingerprint density at radius 2 is 1.05 bits per heavy atom. The topological polar surface area (TPSA) is 138 Å². The van der Waals surface area contributed by atoms with Crippen LogP contribution in [0.25, 0.3) is 0 Å². The smallest absolute Gasteiger partial charge is 0.466 e. The van der Waals surface area contributed by atoms with E-state index in [0.717, 1.165) is 88.6 Å². The molecule has 0 aromatic carbocycles. The van der Waals surface area contributed by atoms with Gasteiger partial charge in [-0.25, -0.2) is 4.57 Å². The molecule has 2 aromatic heterocycles. The number of ether oxygens (including phenoxy) is 2. The van der Waals surface area contributed by atoms with Gasteiger partial charge in [0.25, 0.3) is 0 Å². The zero-order chi connectivity index (χ0) is 46.8. The number of nitrogens with zero attached hydrogens (tertiary/aromatic N) is 1. The van der Waals surface area contributed by atoms with Gasteiger partial charge in [0.1, 0.15) is 29.6 Å². The lowest BCUT2D eigenvalue weighted by atomic mass is 10.0. The maximum atomic E-state index is 12.8. The van der Waals surface area contributed by atoms with Crippen molar-refractivity contribution < 1.29 is 46.4 Å². The van der Waals surface area contributed by atoms with Crippen molar-refractivity contribution in [2.24, 2.45) is 0 Å². The fourth-order valence-electron chi connectivity index (χ4n) is 8.00. The van der Waals surface area contributed by atoms with Gasteiger partial charge >= 0.3 is 19.8 Å². The van der Waals surface area contributed by atoms with Crippen molar-refractivity contribution in [3.63, 3.8) is 0 Å². The number of phosphoric acid groups is 1. The summed E-state index contributed by atoms with van der Waals surface area (Å²) in [7, 11) is -0.739. The molecule has 1 unspecified atom stereocenters. The monoisotopic (exact) mass is 922 g/mol. The first-order valence-electron chi connectivity index (χ1n) is 25.6. The minimum absolute atomic E-state index is 0.00250. The van der Waals surface area contributed by atoms with E-state index in [9.17, 15) is 19.0 Å². The molecule has 0 saturated heterocycles. The highest BCUT2D eigenvalue weighted by atomic mass is 31.2. The number of unbranched alkanes of at least 4 members (excludes halogenated alkanes) is 20. The quantitative estimate of drug-likeness (QED) is 0.0387. The first kappa shape index (κ1) is 57.7. The van der Waals surface area contributed by atoms with Crippen molar-refractivity contribution in [2.45, 2.75) is 233 Å². The van der Waals surface area contributed by atoms with Crippen molar-refractivity contribution in [1.82, 2.24) is 4.90 Å². The van der Waals surface area contributed by atoms with Gasteiger partial charge in [0.15, 0.2) is 6.10 Å². The Balaban J connectivity index is 1.58. The molecule has 0 saturated carbocycles. The van der Waals surface area contributed by atoms with Gasteiger partial charge in [-0.1, -0.05) is 129 Å². The number of carbonyl (C=O) groups excluding carboxylic acids is 2. The Kier molecular flexibility index (Phi) is 32.2. The van der Waals surface area contributed by atoms with E-state index in [1.165, 1.54) is 125 Å². The number of likely N-dealkylation sites (N-methyl/N-ethyl adjacent to an activating group) is 1. The van der Waals surface area contributed by atoms with Crippen LogP contribution in [0.1, 0.15) is 221 Å². The first-order chi connectivity index (χ1) is 30.8. The molecule has 2 heterocycles. The predicted octanol–water partition coefficient (Wildman–Crippen LogP) is 14.0. The molecule has 2 aromatic rings. The van der Waals surface area contributed by atoms with Gasteiger partial charge in [0.2, 0.25) is 0 Å². The second-order valence-corrected chi connectivity index (χ2v) is 19.9. The molecule has 0 fully saturated rings. The summed E-state index contributed by atoms with van der Waals surface area (Å²) in [6, 6.07) is 2.23. The summed E-state index contributed by atoms with van der Waals surface area (Å²) < 4.78 is 46.1. The van der Waals surface area contributed by atoms with E-state index >= 15 is 0 Å². The maximum absolute atomic E-state index is 12.8. The second kappa shape index (κ2) is 35.7. The molecule has 0 spiro atoms. The number of esters is 2. The summed E-state index contributed by atoms with van der Waals surface area (Å²) >= 11 is 0. The molecule has 0 bridgehead atoms. The molecule has 0 radical (unpaired) electrons. The minimum Gasteiger partial charge on any atom is -0.466 e. The van der Waals surface area contributed by atoms with E-state index < -0.39 is 26.5 Å². The van der Waals surface area contributed by atoms with Crippen LogP contribution in [0.4, 0.5) is 0 Å². The predicted molar refractivity (Wildman–Crippen MR) is 259 cm³/mol. The Morgan fingerprint density at radius 1 is 0.594 bits per heavy atom. The van der Waals surface area contributed by atoms with Crippen LogP contribution in [0.3, 0.4) is 0 Å². The van der Waals surface area contributed by atoms with Crippen molar-refractivity contribution in [1.29, 1.82) is 0 Å². The Hall–Kier alpha value is -2.43. The highest BCUT2D eigenvalue weighted by Crippen LogP contribution is 2.43. The van der Waals surface area contributed by atoms with E-state index in [4.69, 9.17) is 27.4 Å². The van der Waals surface area contributed by atoms with Gasteiger partial charge in [-0.3, -0.25) is 18.6 Å². The van der Waals surface area contributed by atoms with E-state index in [-0.39, 0.29) is 32.0 Å². The highest BCUT2D eigenvalue weighted by molar-refractivity contribution is 7.47. The van der Waals surface area contributed by atoms with Crippen molar-refractivity contribution >= 4 is 19.8 Å². The first-order valence-corrected chi connectivity index (χ1v) is 27.1. The average Bonchev–Trinajstić information content (AvgIpc) is 3.75. The van der Waals surface area contributed by atoms with Crippen LogP contribution in [-0.2, 0) is 58.4 Å². The molecule has 0 aliphatic heterocycles. The Labute approximate surface area is 389 Å². The molecule has 12 heteroatoms. The fourth-order valence-corrected chi connectivity index (χ4v) is 8.74. The zero-order valence-electron chi connectivity index (χ0n) is 41.7. The molecule has 0 aliphatic carbocycles. The molecule has 11 nitrogen and oxygen atoms in total. The van der Waals surface area contributed by atoms with Crippen LogP contribution >= 0.6 is 7.82 Å². The summed E-state index contributed by atoms with van der Waals surface area (Å²) in [5.41, 5.74) is 3.96. The number of carbonyl (C=O) groups is 2. The van der Waals surface area contributed by atoms with Crippen LogP contribution < -0.4 is 0 Å². The third kappa shape index (κ3) is 27.9. The lowest BCUT2D eigenvalue weighted by Crippen LogP contribution is -2.29. The molecule has 0 aliphatic rings. The van der Waals surface area contributed by atoms with Crippen molar-refractivity contribution in [2.75, 3.05) is 40.5 Å². The van der Waals surface area contributed by atoms with Crippen LogP contribution in [0.2, 0.25) is 0 Å². The second-order valence-electron chi connectivity index (χ2n) is 18.5. The number of rotatable bonds is 42. The summed E-state index contributed by atoms with van der Waals surface area (Å²) in [6.45, 7) is 10.8. The van der Waals surface area contributed by atoms with E-state index in [0.29, 0.717) is 13.0 Å². The third-order valence-corrected chi connectivity index (χ3v) is 13.2. The van der Waals surface area contributed by atoms with Crippen LogP contribution in [-0.4, -0.2) is 68.3 Å². The third-order valence-electron chi connectivity index (χ3n) is 12.3. The lowest BCUT2D eigenvalue weighted by Gasteiger charge is -2.20. The molecule has 2 atom stereocenters. The normalized spacial score (nSPS) is 13.1. The standard InChI is InChI=1S/C52H92NO10P/c1-8-10-26-32-46-40-43(3)48(61-46)33-28-22-18-14-12-13-15-20-24-30-36-51(54)58-41-47(42-60-64(56,57)59-39-38-53(6)7)62-52(55)37-31-25-21-17-16-19-23-29-35-50-45(5)44(4)49(63-50)34-27-11-9-2/h40,47H,8-39,41-42H2,1-7H3,(H,56,57)/t47-/m1/s1. The average molecular weight is 922 g/mol. The molecule has 370 valence electrons. The number of hydrogen-bond donors (Lipinski definition) is 1. The number of aryl methyl sites for hydroxylation is 5. The lowest BCUT2D eigenvalue weighted by molar-refractivity contribution is -0.161. The summed E-state index contributed by atoms with van der Waals surface area (Å²) in [5, 5.41) is 0. The molecule has 64 heavy (non-hydrogen) atoms. The Bertz CT molecular complexity index is 1550. The number of phosphoric ester groups is 1. The zero-order valence-corrected chi connectivity index (χ0v) is 42.6. The van der Waals surface area contributed by atoms with Crippen molar-refractivity contribution in [3.05, 3.63) is 45.8 Å². The molecular weight excluding hydrogens is 830 g/mol. The van der Waals surface area contributed by atoms with Gasteiger partial charge in [-0.05, 0) is 96.1 Å². The van der Waals surface area contributed by atoms with Gasteiger partial charge in [0.05, 0.1) is 13.2 Å². The molecule has 2 rings (SSSR count). The molecule has 1 N–H and O–H groups in total. The van der Waals surface area contributed by atoms with E-state index in [1.54, 1.807) is 0 Å². The summed E-state index contributed by atoms with van der Waals surface area (Å²) in [4.78, 5) is 37.4. The number of furan rings is 2. The minimum atomic E-state index is -4.39. The van der Waals surface area contributed by atoms with Gasteiger partial charge in [-0.15, -0.1) is 0 Å². The SMILES string of the molecule is CCCCCc1cc(C)c(CCCCCCCCCCCCC(=O)OC[C@H](COP(=O)(O)OCCN(C)C)OC(=O)CCCCCCCCCCc2oc(CCCCC)c(C)c2C)o1. The maximum Gasteiger partial charge on any atom is 0.472 e. The largest absolute Gasteiger partial charge is 0.472 e. The summed E-state index contributed by atoms with van der Waals surface area (Å²) in [6.07, 6.45) is 30.6. The van der Waals surface area contributed by atoms with E-state index in [2.05, 4.69) is 40.7 Å². The van der Waals surface area contributed by atoms with Crippen LogP contribution in [0.5, 0.6) is 0 Å². The number of hydrogen-bond acceptors (Lipinski definition) is 10. The van der Waals surface area contributed by atoms with Gasteiger partial charge in [0, 0.05) is 45.1 Å². The van der Waals surface area contributed by atoms with Crippen LogP contribution in [0.15, 0.2) is 14.9 Å². The Morgan fingerprint density at radius 3 is 1.56 bits per heavy atom. The molecular formula is C52H92NO10P. The van der Waals surface area contributed by atoms with E-state index in [1.807, 2.05) is 19.0 Å². The highest BCUT2D eigenvalue weighted by Gasteiger charge is 2.26.